The number of aromatic nitrogens is 1. The number of hydrogen-bond donors (Lipinski definition) is 1. The fourth-order valence-electron chi connectivity index (χ4n) is 2.43. The van der Waals surface area contributed by atoms with Gasteiger partial charge >= 0.3 is 0 Å². The number of hydrogen-bond acceptors (Lipinski definition) is 3. The molecule has 1 saturated heterocycles. The SMILES string of the molecule is CNCC1CCCCN1c1cc(C)c(Br)cn1. The normalized spacial score (nSPS) is 20.6. The van der Waals surface area contributed by atoms with E-state index >= 15 is 0 Å². The van der Waals surface area contributed by atoms with Crippen molar-refractivity contribution in [3.05, 3.63) is 22.3 Å². The third kappa shape index (κ3) is 2.99. The summed E-state index contributed by atoms with van der Waals surface area (Å²) >= 11 is 3.51. The molecular weight excluding hydrogens is 278 g/mol. The summed E-state index contributed by atoms with van der Waals surface area (Å²) in [5, 5.41) is 3.28. The summed E-state index contributed by atoms with van der Waals surface area (Å²) in [6.45, 7) is 4.28. The van der Waals surface area contributed by atoms with Gasteiger partial charge in [-0.1, -0.05) is 0 Å². The molecule has 1 atom stereocenters. The monoisotopic (exact) mass is 297 g/mol. The molecule has 3 nitrogen and oxygen atoms in total. The fourth-order valence-corrected chi connectivity index (χ4v) is 2.65. The maximum absolute atomic E-state index is 4.55. The van der Waals surface area contributed by atoms with Crippen LogP contribution in [0.4, 0.5) is 5.82 Å². The van der Waals surface area contributed by atoms with Crippen LogP contribution in [0.25, 0.3) is 0 Å². The van der Waals surface area contributed by atoms with Crippen LogP contribution < -0.4 is 10.2 Å². The Bertz CT molecular complexity index is 379. The third-order valence-corrected chi connectivity index (χ3v) is 4.22. The van der Waals surface area contributed by atoms with E-state index in [0.717, 1.165) is 23.4 Å². The first kappa shape index (κ1) is 12.8. The highest BCUT2D eigenvalue weighted by Gasteiger charge is 2.22. The van der Waals surface area contributed by atoms with Crippen molar-refractivity contribution in [3.8, 4) is 0 Å². The van der Waals surface area contributed by atoms with E-state index in [1.165, 1.54) is 24.8 Å². The van der Waals surface area contributed by atoms with Crippen molar-refractivity contribution in [1.29, 1.82) is 0 Å². The fraction of sp³-hybridized carbons (Fsp3) is 0.615. The lowest BCUT2D eigenvalue weighted by molar-refractivity contribution is 0.443. The van der Waals surface area contributed by atoms with E-state index in [0.29, 0.717) is 6.04 Å². The van der Waals surface area contributed by atoms with Gasteiger partial charge in [0, 0.05) is 29.8 Å². The van der Waals surface area contributed by atoms with Crippen LogP contribution in [0.3, 0.4) is 0 Å². The molecule has 0 bridgehead atoms. The molecule has 1 unspecified atom stereocenters. The summed E-state index contributed by atoms with van der Waals surface area (Å²) < 4.78 is 1.09. The summed E-state index contributed by atoms with van der Waals surface area (Å²) in [4.78, 5) is 6.99. The van der Waals surface area contributed by atoms with Gasteiger partial charge in [0.2, 0.25) is 0 Å². The molecule has 2 heterocycles. The number of rotatable bonds is 3. The van der Waals surface area contributed by atoms with Gasteiger partial charge in [-0.05, 0) is 60.8 Å². The molecule has 0 spiro atoms. The van der Waals surface area contributed by atoms with Crippen molar-refractivity contribution < 1.29 is 0 Å². The highest BCUT2D eigenvalue weighted by molar-refractivity contribution is 9.10. The molecule has 1 aromatic rings. The molecular formula is C13H20BrN3. The number of nitrogens with one attached hydrogen (secondary N) is 1. The predicted molar refractivity (Wildman–Crippen MR) is 75.6 cm³/mol. The zero-order valence-electron chi connectivity index (χ0n) is 10.5. The lowest BCUT2D eigenvalue weighted by Gasteiger charge is -2.36. The van der Waals surface area contributed by atoms with E-state index < -0.39 is 0 Å². The molecule has 1 N–H and O–H groups in total. The van der Waals surface area contributed by atoms with Gasteiger partial charge in [-0.3, -0.25) is 0 Å². The Kier molecular flexibility index (Phi) is 4.40. The molecule has 1 fully saturated rings. The minimum absolute atomic E-state index is 0.585. The molecule has 94 valence electrons. The molecule has 1 aliphatic rings. The Morgan fingerprint density at radius 3 is 3.06 bits per heavy atom. The van der Waals surface area contributed by atoms with Crippen LogP contribution in [0.1, 0.15) is 24.8 Å². The molecule has 0 aliphatic carbocycles. The van der Waals surface area contributed by atoms with E-state index in [9.17, 15) is 0 Å². The predicted octanol–water partition coefficient (Wildman–Crippen LogP) is 2.73. The number of likely N-dealkylation sites (N-methyl/N-ethyl adjacent to an activating group) is 1. The Morgan fingerprint density at radius 2 is 2.35 bits per heavy atom. The van der Waals surface area contributed by atoms with E-state index in [4.69, 9.17) is 0 Å². The lowest BCUT2D eigenvalue weighted by atomic mass is 10.0. The van der Waals surface area contributed by atoms with Crippen molar-refractivity contribution in [2.24, 2.45) is 0 Å². The lowest BCUT2D eigenvalue weighted by Crippen LogP contribution is -2.45. The summed E-state index contributed by atoms with van der Waals surface area (Å²) in [5.74, 6) is 1.12. The molecule has 0 amide bonds. The molecule has 0 saturated carbocycles. The van der Waals surface area contributed by atoms with Crippen LogP contribution in [-0.2, 0) is 0 Å². The summed E-state index contributed by atoms with van der Waals surface area (Å²) in [5.41, 5.74) is 1.25. The van der Waals surface area contributed by atoms with Gasteiger partial charge in [-0.25, -0.2) is 4.98 Å². The van der Waals surface area contributed by atoms with Crippen molar-refractivity contribution >= 4 is 21.7 Å². The Morgan fingerprint density at radius 1 is 1.53 bits per heavy atom. The van der Waals surface area contributed by atoms with Crippen molar-refractivity contribution in [2.75, 3.05) is 25.0 Å². The molecule has 1 aliphatic heterocycles. The number of aryl methyl sites for hydroxylation is 1. The van der Waals surface area contributed by atoms with Crippen LogP contribution in [0.5, 0.6) is 0 Å². The number of halogens is 1. The van der Waals surface area contributed by atoms with Crippen LogP contribution >= 0.6 is 15.9 Å². The second-order valence-corrected chi connectivity index (χ2v) is 5.55. The van der Waals surface area contributed by atoms with Gasteiger partial charge in [0.15, 0.2) is 0 Å². The average molecular weight is 298 g/mol. The van der Waals surface area contributed by atoms with E-state index in [-0.39, 0.29) is 0 Å². The third-order valence-electron chi connectivity index (χ3n) is 3.39. The highest BCUT2D eigenvalue weighted by atomic mass is 79.9. The topological polar surface area (TPSA) is 28.2 Å². The van der Waals surface area contributed by atoms with E-state index in [2.05, 4.69) is 44.1 Å². The Hall–Kier alpha value is -0.610. The standard InChI is InChI=1S/C13H20BrN3/c1-10-7-13(16-9-12(10)14)17-6-4-3-5-11(17)8-15-2/h7,9,11,15H,3-6,8H2,1-2H3. The van der Waals surface area contributed by atoms with Gasteiger partial charge in [0.05, 0.1) is 0 Å². The van der Waals surface area contributed by atoms with Crippen LogP contribution in [0.2, 0.25) is 0 Å². The van der Waals surface area contributed by atoms with Gasteiger partial charge < -0.3 is 10.2 Å². The van der Waals surface area contributed by atoms with Crippen molar-refractivity contribution in [3.63, 3.8) is 0 Å². The van der Waals surface area contributed by atoms with Crippen LogP contribution in [-0.4, -0.2) is 31.2 Å². The molecule has 0 aromatic carbocycles. The first-order valence-corrected chi connectivity index (χ1v) is 7.05. The van der Waals surface area contributed by atoms with E-state index in [1.54, 1.807) is 0 Å². The molecule has 17 heavy (non-hydrogen) atoms. The van der Waals surface area contributed by atoms with Gasteiger partial charge in [-0.2, -0.15) is 0 Å². The summed E-state index contributed by atoms with van der Waals surface area (Å²) in [7, 11) is 2.02. The van der Waals surface area contributed by atoms with Crippen molar-refractivity contribution in [1.82, 2.24) is 10.3 Å². The van der Waals surface area contributed by atoms with Crippen molar-refractivity contribution in [2.45, 2.75) is 32.2 Å². The number of nitrogens with zero attached hydrogens (tertiary/aromatic N) is 2. The Labute approximate surface area is 112 Å². The molecule has 0 radical (unpaired) electrons. The minimum atomic E-state index is 0.585. The second kappa shape index (κ2) is 5.83. The average Bonchev–Trinajstić information content (AvgIpc) is 2.34. The van der Waals surface area contributed by atoms with Crippen LogP contribution in [0, 0.1) is 6.92 Å². The number of piperidine rings is 1. The van der Waals surface area contributed by atoms with Gasteiger partial charge in [0.25, 0.3) is 0 Å². The number of anilines is 1. The van der Waals surface area contributed by atoms with Gasteiger partial charge in [-0.15, -0.1) is 0 Å². The zero-order chi connectivity index (χ0) is 12.3. The molecule has 2 rings (SSSR count). The molecule has 1 aromatic heterocycles. The second-order valence-electron chi connectivity index (χ2n) is 4.69. The quantitative estimate of drug-likeness (QED) is 0.930. The summed E-state index contributed by atoms with van der Waals surface area (Å²) in [6, 6.07) is 2.76. The minimum Gasteiger partial charge on any atom is -0.352 e. The zero-order valence-corrected chi connectivity index (χ0v) is 12.1. The maximum Gasteiger partial charge on any atom is 0.129 e. The maximum atomic E-state index is 4.55. The van der Waals surface area contributed by atoms with Crippen LogP contribution in [0.15, 0.2) is 16.7 Å². The number of pyridine rings is 1. The summed E-state index contributed by atoms with van der Waals surface area (Å²) in [6.07, 6.45) is 5.78. The first-order chi connectivity index (χ1) is 8.22. The highest BCUT2D eigenvalue weighted by Crippen LogP contribution is 2.25. The van der Waals surface area contributed by atoms with E-state index in [1.807, 2.05) is 13.2 Å². The molecule has 4 heteroatoms. The smallest absolute Gasteiger partial charge is 0.129 e. The van der Waals surface area contributed by atoms with Gasteiger partial charge in [0.1, 0.15) is 5.82 Å². The first-order valence-electron chi connectivity index (χ1n) is 6.25. The largest absolute Gasteiger partial charge is 0.352 e. The Balaban J connectivity index is 2.20.